The van der Waals surface area contributed by atoms with Crippen LogP contribution in [0, 0.1) is 6.92 Å². The number of carboxylic acids is 1. The van der Waals surface area contributed by atoms with Crippen LogP contribution in [0.3, 0.4) is 0 Å². The maximum Gasteiger partial charge on any atom is 0.337 e. The van der Waals surface area contributed by atoms with E-state index in [1.807, 2.05) is 0 Å². The van der Waals surface area contributed by atoms with Gasteiger partial charge in [-0.05, 0) is 25.5 Å². The molecule has 0 spiro atoms. The molecule has 1 aromatic rings. The Morgan fingerprint density at radius 2 is 1.91 bits per heavy atom. The molecule has 0 aromatic heterocycles. The number of para-hydroxylation sites is 1. The summed E-state index contributed by atoms with van der Waals surface area (Å²) in [6.45, 7) is 2.85. The zero-order chi connectivity index (χ0) is 16.9. The largest absolute Gasteiger partial charge is 0.478 e. The van der Waals surface area contributed by atoms with Gasteiger partial charge in [0.1, 0.15) is 12.6 Å². The first-order valence-electron chi connectivity index (χ1n) is 6.56. The van der Waals surface area contributed by atoms with Crippen LogP contribution in [-0.2, 0) is 19.1 Å². The van der Waals surface area contributed by atoms with Crippen molar-refractivity contribution in [2.75, 3.05) is 25.7 Å². The number of carboxylic acid groups (broad SMARTS) is 1. The van der Waals surface area contributed by atoms with E-state index >= 15 is 0 Å². The number of nitrogens with zero attached hydrogens (tertiary/aromatic N) is 1. The van der Waals surface area contributed by atoms with Gasteiger partial charge in [0.15, 0.2) is 0 Å². The number of ether oxygens (including phenoxy) is 2. The van der Waals surface area contributed by atoms with Gasteiger partial charge in [0.25, 0.3) is 5.91 Å². The Morgan fingerprint density at radius 1 is 1.27 bits per heavy atom. The Kier molecular flexibility index (Phi) is 6.06. The molecule has 0 saturated heterocycles. The summed E-state index contributed by atoms with van der Waals surface area (Å²) in [6.07, 6.45) is 0. The SMILES string of the molecule is COCC(=O)N(c1c(C)cccc1C(=O)O)[C@H](C)C(=O)OC. The molecule has 120 valence electrons. The number of carbonyl (C=O) groups is 3. The van der Waals surface area contributed by atoms with Crippen LogP contribution in [0.2, 0.25) is 0 Å². The van der Waals surface area contributed by atoms with Crippen molar-refractivity contribution in [1.82, 2.24) is 0 Å². The van der Waals surface area contributed by atoms with Gasteiger partial charge in [-0.2, -0.15) is 0 Å². The third-order valence-corrected chi connectivity index (χ3v) is 3.18. The number of anilines is 1. The Bertz CT molecular complexity index is 583. The van der Waals surface area contributed by atoms with Crippen LogP contribution in [0.5, 0.6) is 0 Å². The summed E-state index contributed by atoms with van der Waals surface area (Å²) in [4.78, 5) is 36.7. The van der Waals surface area contributed by atoms with Gasteiger partial charge in [0.05, 0.1) is 18.4 Å². The molecule has 1 aromatic carbocycles. The highest BCUT2D eigenvalue weighted by Crippen LogP contribution is 2.28. The van der Waals surface area contributed by atoms with Crippen LogP contribution in [0.1, 0.15) is 22.8 Å². The van der Waals surface area contributed by atoms with Gasteiger partial charge in [-0.1, -0.05) is 12.1 Å². The van der Waals surface area contributed by atoms with Crippen LogP contribution in [-0.4, -0.2) is 49.8 Å². The topological polar surface area (TPSA) is 93.1 Å². The normalized spacial score (nSPS) is 11.6. The summed E-state index contributed by atoms with van der Waals surface area (Å²) in [5.74, 6) is -2.37. The van der Waals surface area contributed by atoms with Crippen molar-refractivity contribution in [3.05, 3.63) is 29.3 Å². The van der Waals surface area contributed by atoms with Gasteiger partial charge in [0.2, 0.25) is 0 Å². The molecule has 7 heteroatoms. The number of aryl methyl sites for hydroxylation is 1. The minimum absolute atomic E-state index is 0.0693. The van der Waals surface area contributed by atoms with E-state index in [2.05, 4.69) is 4.74 Å². The summed E-state index contributed by atoms with van der Waals surface area (Å²) in [6, 6.07) is 3.64. The van der Waals surface area contributed by atoms with Crippen molar-refractivity contribution in [2.24, 2.45) is 0 Å². The number of methoxy groups -OCH3 is 2. The molecule has 1 rings (SSSR count). The fourth-order valence-corrected chi connectivity index (χ4v) is 2.15. The second kappa shape index (κ2) is 7.56. The number of carbonyl (C=O) groups excluding carboxylic acids is 2. The minimum Gasteiger partial charge on any atom is -0.478 e. The van der Waals surface area contributed by atoms with Gasteiger partial charge >= 0.3 is 11.9 Å². The lowest BCUT2D eigenvalue weighted by molar-refractivity contribution is -0.143. The number of benzene rings is 1. The monoisotopic (exact) mass is 309 g/mol. The van der Waals surface area contributed by atoms with Crippen LogP contribution < -0.4 is 4.90 Å². The molecular formula is C15H19NO6. The van der Waals surface area contributed by atoms with Gasteiger partial charge in [-0.15, -0.1) is 0 Å². The molecule has 0 aliphatic carbocycles. The van der Waals surface area contributed by atoms with Crippen molar-refractivity contribution in [3.8, 4) is 0 Å². The van der Waals surface area contributed by atoms with Crippen molar-refractivity contribution in [2.45, 2.75) is 19.9 Å². The summed E-state index contributed by atoms with van der Waals surface area (Å²) in [5, 5.41) is 9.34. The minimum atomic E-state index is -1.19. The van der Waals surface area contributed by atoms with Crippen molar-refractivity contribution < 1.29 is 29.0 Å². The van der Waals surface area contributed by atoms with E-state index in [4.69, 9.17) is 4.74 Å². The van der Waals surface area contributed by atoms with Crippen LogP contribution in [0.4, 0.5) is 5.69 Å². The Morgan fingerprint density at radius 3 is 2.41 bits per heavy atom. The Hall–Kier alpha value is -2.41. The lowest BCUT2D eigenvalue weighted by Crippen LogP contribution is -2.46. The summed E-state index contributed by atoms with van der Waals surface area (Å²) in [7, 11) is 2.54. The average Bonchev–Trinajstić information content (AvgIpc) is 2.48. The molecule has 0 saturated carbocycles. The fourth-order valence-electron chi connectivity index (χ4n) is 2.15. The highest BCUT2D eigenvalue weighted by atomic mass is 16.5. The van der Waals surface area contributed by atoms with E-state index in [0.717, 1.165) is 4.90 Å². The second-order valence-corrected chi connectivity index (χ2v) is 4.67. The van der Waals surface area contributed by atoms with Gasteiger partial charge in [0, 0.05) is 7.11 Å². The second-order valence-electron chi connectivity index (χ2n) is 4.67. The first-order chi connectivity index (χ1) is 10.3. The molecule has 0 aliphatic heterocycles. The first kappa shape index (κ1) is 17.6. The molecule has 0 heterocycles. The van der Waals surface area contributed by atoms with Crippen LogP contribution in [0.25, 0.3) is 0 Å². The molecule has 1 amide bonds. The maximum absolute atomic E-state index is 12.3. The lowest BCUT2D eigenvalue weighted by atomic mass is 10.0. The number of rotatable bonds is 6. The molecule has 0 aliphatic rings. The van der Waals surface area contributed by atoms with Crippen molar-refractivity contribution >= 4 is 23.5 Å². The molecule has 0 unspecified atom stereocenters. The molecule has 1 atom stereocenters. The number of amides is 1. The molecular weight excluding hydrogens is 290 g/mol. The summed E-state index contributed by atoms with van der Waals surface area (Å²) >= 11 is 0. The molecule has 1 N–H and O–H groups in total. The third-order valence-electron chi connectivity index (χ3n) is 3.18. The zero-order valence-corrected chi connectivity index (χ0v) is 13.0. The van der Waals surface area contributed by atoms with E-state index < -0.39 is 23.9 Å². The Labute approximate surface area is 128 Å². The molecule has 22 heavy (non-hydrogen) atoms. The first-order valence-corrected chi connectivity index (χ1v) is 6.56. The van der Waals surface area contributed by atoms with Crippen molar-refractivity contribution in [1.29, 1.82) is 0 Å². The van der Waals surface area contributed by atoms with Gasteiger partial charge in [-0.3, -0.25) is 9.69 Å². The molecule has 7 nitrogen and oxygen atoms in total. The fraction of sp³-hybridized carbons (Fsp3) is 0.400. The number of hydrogen-bond acceptors (Lipinski definition) is 5. The molecule has 0 radical (unpaired) electrons. The predicted octanol–water partition coefficient (Wildman–Crippen LogP) is 1.23. The lowest BCUT2D eigenvalue weighted by Gasteiger charge is -2.29. The summed E-state index contributed by atoms with van der Waals surface area (Å²) < 4.78 is 9.48. The van der Waals surface area contributed by atoms with Gasteiger partial charge < -0.3 is 14.6 Å². The standard InChI is InChI=1S/C15H19NO6/c1-9-6-5-7-11(14(18)19)13(9)16(12(17)8-21-3)10(2)15(20)22-4/h5-7,10H,8H2,1-4H3,(H,18,19)/t10-/m1/s1. The third kappa shape index (κ3) is 3.62. The maximum atomic E-state index is 12.3. The smallest absolute Gasteiger partial charge is 0.337 e. The van der Waals surface area contributed by atoms with Crippen molar-refractivity contribution in [3.63, 3.8) is 0 Å². The average molecular weight is 309 g/mol. The highest BCUT2D eigenvalue weighted by molar-refractivity contribution is 6.06. The van der Waals surface area contributed by atoms with Crippen LogP contribution in [0.15, 0.2) is 18.2 Å². The van der Waals surface area contributed by atoms with Gasteiger partial charge in [-0.25, -0.2) is 9.59 Å². The Balaban J connectivity index is 3.48. The van der Waals surface area contributed by atoms with E-state index in [9.17, 15) is 19.5 Å². The number of aromatic carboxylic acids is 1. The highest BCUT2D eigenvalue weighted by Gasteiger charge is 2.31. The van der Waals surface area contributed by atoms with E-state index in [1.165, 1.54) is 27.2 Å². The van der Waals surface area contributed by atoms with E-state index in [1.54, 1.807) is 19.1 Å². The predicted molar refractivity (Wildman–Crippen MR) is 79.0 cm³/mol. The quantitative estimate of drug-likeness (QED) is 0.795. The summed E-state index contributed by atoms with van der Waals surface area (Å²) in [5.41, 5.74) is 0.648. The van der Waals surface area contributed by atoms with Crippen LogP contribution >= 0.6 is 0 Å². The number of hydrogen-bond donors (Lipinski definition) is 1. The number of esters is 1. The molecule has 0 bridgehead atoms. The van der Waals surface area contributed by atoms with E-state index in [0.29, 0.717) is 5.56 Å². The molecule has 0 fully saturated rings. The van der Waals surface area contributed by atoms with E-state index in [-0.39, 0.29) is 17.9 Å². The zero-order valence-electron chi connectivity index (χ0n) is 13.0.